The van der Waals surface area contributed by atoms with E-state index in [4.69, 9.17) is 4.74 Å². The van der Waals surface area contributed by atoms with Crippen molar-refractivity contribution in [2.24, 2.45) is 0 Å². The molecule has 0 fully saturated rings. The minimum atomic E-state index is -1.14. The van der Waals surface area contributed by atoms with E-state index in [1.54, 1.807) is 24.3 Å². The predicted molar refractivity (Wildman–Crippen MR) is 97.2 cm³/mol. The smallest absolute Gasteiger partial charge is 0.329 e. The molecule has 7 heteroatoms. The summed E-state index contributed by atoms with van der Waals surface area (Å²) in [5.74, 6) is -2.44. The van der Waals surface area contributed by atoms with Gasteiger partial charge in [0.25, 0.3) is 17.7 Å². The van der Waals surface area contributed by atoms with E-state index < -0.39 is 36.3 Å². The van der Waals surface area contributed by atoms with Crippen LogP contribution in [0.2, 0.25) is 0 Å². The quantitative estimate of drug-likeness (QED) is 0.647. The van der Waals surface area contributed by atoms with Gasteiger partial charge in [-0.25, -0.2) is 4.79 Å². The summed E-state index contributed by atoms with van der Waals surface area (Å²) in [5.41, 5.74) is 1.99. The molecule has 1 heterocycles. The van der Waals surface area contributed by atoms with E-state index in [-0.39, 0.29) is 11.1 Å². The van der Waals surface area contributed by atoms with Crippen molar-refractivity contribution in [2.75, 3.05) is 11.9 Å². The third-order valence-electron chi connectivity index (χ3n) is 4.32. The Balaban J connectivity index is 1.60. The summed E-state index contributed by atoms with van der Waals surface area (Å²) in [6.45, 7) is 2.72. The van der Waals surface area contributed by atoms with Crippen LogP contribution in [0, 0.1) is 6.92 Å². The first-order chi connectivity index (χ1) is 12.9. The second kappa shape index (κ2) is 7.41. The number of fused-ring (bicyclic) bond motifs is 1. The van der Waals surface area contributed by atoms with Gasteiger partial charge in [-0.05, 0) is 37.6 Å². The van der Waals surface area contributed by atoms with Gasteiger partial charge in [-0.15, -0.1) is 0 Å². The highest BCUT2D eigenvalue weighted by Gasteiger charge is 2.41. The second-order valence-corrected chi connectivity index (χ2v) is 6.17. The van der Waals surface area contributed by atoms with Gasteiger partial charge in [0.05, 0.1) is 11.1 Å². The predicted octanol–water partition coefficient (Wildman–Crippen LogP) is 2.16. The third kappa shape index (κ3) is 3.57. The molecule has 138 valence electrons. The van der Waals surface area contributed by atoms with Crippen LogP contribution in [0.1, 0.15) is 33.2 Å². The SMILES string of the molecule is Cc1ccccc1NC(=O)COC(=O)[C@@H](C)N1C(=O)c2ccccc2C1=O. The summed E-state index contributed by atoms with van der Waals surface area (Å²) < 4.78 is 4.99. The molecular weight excluding hydrogens is 348 g/mol. The number of esters is 1. The summed E-state index contributed by atoms with van der Waals surface area (Å²) in [6, 6.07) is 12.4. The van der Waals surface area contributed by atoms with Crippen LogP contribution in [0.5, 0.6) is 0 Å². The average Bonchev–Trinajstić information content (AvgIpc) is 2.92. The van der Waals surface area contributed by atoms with Gasteiger partial charge in [0.2, 0.25) is 0 Å². The molecule has 1 aliphatic heterocycles. The molecule has 1 atom stereocenters. The number of aryl methyl sites for hydroxylation is 1. The Labute approximate surface area is 155 Å². The molecule has 0 saturated carbocycles. The zero-order valence-corrected chi connectivity index (χ0v) is 14.9. The third-order valence-corrected chi connectivity index (χ3v) is 4.32. The number of hydrogen-bond donors (Lipinski definition) is 1. The normalized spacial score (nSPS) is 13.9. The highest BCUT2D eigenvalue weighted by molar-refractivity contribution is 6.22. The Hall–Kier alpha value is -3.48. The Morgan fingerprint density at radius 1 is 1.00 bits per heavy atom. The van der Waals surface area contributed by atoms with Crippen LogP contribution < -0.4 is 5.32 Å². The Morgan fingerprint density at radius 3 is 2.15 bits per heavy atom. The first-order valence-corrected chi connectivity index (χ1v) is 8.39. The Morgan fingerprint density at radius 2 is 1.56 bits per heavy atom. The van der Waals surface area contributed by atoms with Crippen LogP contribution >= 0.6 is 0 Å². The number of benzene rings is 2. The highest BCUT2D eigenvalue weighted by atomic mass is 16.5. The number of imide groups is 1. The number of hydrogen-bond acceptors (Lipinski definition) is 5. The van der Waals surface area contributed by atoms with Crippen molar-refractivity contribution in [1.29, 1.82) is 0 Å². The number of ether oxygens (including phenoxy) is 1. The maximum Gasteiger partial charge on any atom is 0.329 e. The molecule has 0 aromatic heterocycles. The van der Waals surface area contributed by atoms with E-state index in [1.165, 1.54) is 19.1 Å². The van der Waals surface area contributed by atoms with E-state index in [2.05, 4.69) is 5.32 Å². The molecule has 1 N–H and O–H groups in total. The fraction of sp³-hybridized carbons (Fsp3) is 0.200. The fourth-order valence-electron chi connectivity index (χ4n) is 2.82. The van der Waals surface area contributed by atoms with Crippen molar-refractivity contribution in [3.8, 4) is 0 Å². The number of carbonyl (C=O) groups is 4. The van der Waals surface area contributed by atoms with Crippen molar-refractivity contribution in [3.63, 3.8) is 0 Å². The number of rotatable bonds is 5. The largest absolute Gasteiger partial charge is 0.454 e. The lowest BCUT2D eigenvalue weighted by molar-refractivity contribution is -0.150. The number of anilines is 1. The molecule has 7 nitrogen and oxygen atoms in total. The zero-order chi connectivity index (χ0) is 19.6. The lowest BCUT2D eigenvalue weighted by Gasteiger charge is -2.20. The molecule has 2 aromatic rings. The number of amides is 3. The van der Waals surface area contributed by atoms with E-state index in [0.717, 1.165) is 10.5 Å². The van der Waals surface area contributed by atoms with Crippen molar-refractivity contribution >= 4 is 29.4 Å². The molecule has 0 spiro atoms. The molecule has 2 aromatic carbocycles. The summed E-state index contributed by atoms with van der Waals surface area (Å²) in [5, 5.41) is 2.64. The molecule has 3 rings (SSSR count). The molecule has 27 heavy (non-hydrogen) atoms. The minimum absolute atomic E-state index is 0.249. The molecular formula is C20H18N2O5. The molecule has 0 aliphatic carbocycles. The fourth-order valence-corrected chi connectivity index (χ4v) is 2.82. The summed E-state index contributed by atoms with van der Waals surface area (Å²) >= 11 is 0. The topological polar surface area (TPSA) is 92.8 Å². The van der Waals surface area contributed by atoms with Gasteiger partial charge in [-0.2, -0.15) is 0 Å². The maximum atomic E-state index is 12.4. The number of para-hydroxylation sites is 1. The number of nitrogens with zero attached hydrogens (tertiary/aromatic N) is 1. The van der Waals surface area contributed by atoms with Crippen LogP contribution in [0.15, 0.2) is 48.5 Å². The van der Waals surface area contributed by atoms with Gasteiger partial charge in [-0.1, -0.05) is 30.3 Å². The summed E-state index contributed by atoms with van der Waals surface area (Å²) in [6.07, 6.45) is 0. The van der Waals surface area contributed by atoms with Gasteiger partial charge < -0.3 is 10.1 Å². The highest BCUT2D eigenvalue weighted by Crippen LogP contribution is 2.24. The van der Waals surface area contributed by atoms with Gasteiger partial charge in [0.1, 0.15) is 6.04 Å². The number of nitrogens with one attached hydrogen (secondary N) is 1. The maximum absolute atomic E-state index is 12.4. The van der Waals surface area contributed by atoms with Gasteiger partial charge in [-0.3, -0.25) is 19.3 Å². The lowest BCUT2D eigenvalue weighted by Crippen LogP contribution is -2.44. The van der Waals surface area contributed by atoms with E-state index in [0.29, 0.717) is 5.69 Å². The Bertz CT molecular complexity index is 902. The van der Waals surface area contributed by atoms with Crippen molar-refractivity contribution in [3.05, 3.63) is 65.2 Å². The lowest BCUT2D eigenvalue weighted by atomic mass is 10.1. The van der Waals surface area contributed by atoms with E-state index in [1.807, 2.05) is 19.1 Å². The summed E-state index contributed by atoms with van der Waals surface area (Å²) in [7, 11) is 0. The first-order valence-electron chi connectivity index (χ1n) is 8.39. The van der Waals surface area contributed by atoms with Crippen LogP contribution in [0.4, 0.5) is 5.69 Å². The molecule has 0 radical (unpaired) electrons. The standard InChI is InChI=1S/C20H18N2O5/c1-12-7-3-6-10-16(12)21-17(23)11-27-20(26)13(2)22-18(24)14-8-4-5-9-15(14)19(22)25/h3-10,13H,11H2,1-2H3,(H,21,23)/t13-/m1/s1. The van der Waals surface area contributed by atoms with Gasteiger partial charge in [0.15, 0.2) is 6.61 Å². The van der Waals surface area contributed by atoms with Gasteiger partial charge in [0, 0.05) is 5.69 Å². The number of carbonyl (C=O) groups excluding carboxylic acids is 4. The van der Waals surface area contributed by atoms with Crippen LogP contribution in [-0.4, -0.2) is 41.2 Å². The molecule has 0 unspecified atom stereocenters. The monoisotopic (exact) mass is 366 g/mol. The van der Waals surface area contributed by atoms with E-state index in [9.17, 15) is 19.2 Å². The molecule has 0 bridgehead atoms. The van der Waals surface area contributed by atoms with Crippen molar-refractivity contribution in [1.82, 2.24) is 4.90 Å². The molecule has 1 aliphatic rings. The minimum Gasteiger partial charge on any atom is -0.454 e. The van der Waals surface area contributed by atoms with Crippen LogP contribution in [-0.2, 0) is 14.3 Å². The first kappa shape index (κ1) is 18.3. The molecule has 3 amide bonds. The van der Waals surface area contributed by atoms with Crippen molar-refractivity contribution in [2.45, 2.75) is 19.9 Å². The van der Waals surface area contributed by atoms with Crippen molar-refractivity contribution < 1.29 is 23.9 Å². The summed E-state index contributed by atoms with van der Waals surface area (Å²) in [4.78, 5) is 49.9. The second-order valence-electron chi connectivity index (χ2n) is 6.17. The Kier molecular flexibility index (Phi) is 5.03. The van der Waals surface area contributed by atoms with E-state index >= 15 is 0 Å². The van der Waals surface area contributed by atoms with Crippen LogP contribution in [0.3, 0.4) is 0 Å². The zero-order valence-electron chi connectivity index (χ0n) is 14.9. The average molecular weight is 366 g/mol. The van der Waals surface area contributed by atoms with Crippen LogP contribution in [0.25, 0.3) is 0 Å². The molecule has 0 saturated heterocycles. The van der Waals surface area contributed by atoms with Gasteiger partial charge >= 0.3 is 5.97 Å².